The standard InChI is InChI=1S/C17H23N3O4S2/c1-5-20(9-12-6-7-13(22-2)14(8-12)23-3)16(21)11-26-17-19-18-15(24-17)10-25-4/h6-8H,5,9-11H2,1-4H3. The molecule has 0 bridgehead atoms. The van der Waals surface area contributed by atoms with Crippen molar-refractivity contribution < 1.29 is 18.7 Å². The summed E-state index contributed by atoms with van der Waals surface area (Å²) in [5.74, 6) is 2.82. The molecular formula is C17H23N3O4S2. The number of benzene rings is 1. The fourth-order valence-corrected chi connectivity index (χ4v) is 3.32. The van der Waals surface area contributed by atoms with E-state index < -0.39 is 0 Å². The van der Waals surface area contributed by atoms with Crippen molar-refractivity contribution in [2.75, 3.05) is 32.8 Å². The molecule has 0 saturated heterocycles. The van der Waals surface area contributed by atoms with Gasteiger partial charge in [-0.15, -0.1) is 10.2 Å². The Balaban J connectivity index is 1.95. The molecule has 2 aromatic rings. The van der Waals surface area contributed by atoms with Gasteiger partial charge in [-0.25, -0.2) is 0 Å². The van der Waals surface area contributed by atoms with Crippen LogP contribution in [0.25, 0.3) is 0 Å². The number of methoxy groups -OCH3 is 2. The van der Waals surface area contributed by atoms with Crippen LogP contribution in [0.15, 0.2) is 27.8 Å². The number of ether oxygens (including phenoxy) is 2. The predicted molar refractivity (Wildman–Crippen MR) is 103 cm³/mol. The molecule has 142 valence electrons. The fraction of sp³-hybridized carbons (Fsp3) is 0.471. The number of thioether (sulfide) groups is 2. The molecule has 1 amide bonds. The zero-order valence-corrected chi connectivity index (χ0v) is 17.0. The van der Waals surface area contributed by atoms with Gasteiger partial charge >= 0.3 is 0 Å². The Morgan fingerprint density at radius 1 is 1.23 bits per heavy atom. The van der Waals surface area contributed by atoms with Gasteiger partial charge in [0.2, 0.25) is 11.8 Å². The number of nitrogens with zero attached hydrogens (tertiary/aromatic N) is 3. The van der Waals surface area contributed by atoms with Crippen LogP contribution in [-0.4, -0.2) is 53.8 Å². The molecule has 7 nitrogen and oxygen atoms in total. The molecule has 0 radical (unpaired) electrons. The molecule has 1 aromatic carbocycles. The Hall–Kier alpha value is -1.87. The lowest BCUT2D eigenvalue weighted by Gasteiger charge is -2.21. The molecule has 2 rings (SSSR count). The van der Waals surface area contributed by atoms with E-state index in [2.05, 4.69) is 10.2 Å². The van der Waals surface area contributed by atoms with Crippen molar-refractivity contribution in [2.45, 2.75) is 24.4 Å². The van der Waals surface area contributed by atoms with Gasteiger partial charge in [0, 0.05) is 13.1 Å². The van der Waals surface area contributed by atoms with Crippen LogP contribution >= 0.6 is 23.5 Å². The molecule has 0 aliphatic carbocycles. The van der Waals surface area contributed by atoms with Crippen LogP contribution in [0.2, 0.25) is 0 Å². The van der Waals surface area contributed by atoms with Crippen LogP contribution in [0.4, 0.5) is 0 Å². The maximum Gasteiger partial charge on any atom is 0.277 e. The molecule has 0 aliphatic rings. The van der Waals surface area contributed by atoms with E-state index in [1.165, 1.54) is 11.8 Å². The van der Waals surface area contributed by atoms with E-state index in [1.807, 2.05) is 31.4 Å². The average Bonchev–Trinajstić information content (AvgIpc) is 3.11. The highest BCUT2D eigenvalue weighted by molar-refractivity contribution is 7.99. The van der Waals surface area contributed by atoms with Crippen LogP contribution in [0, 0.1) is 0 Å². The van der Waals surface area contributed by atoms with Crippen molar-refractivity contribution in [3.63, 3.8) is 0 Å². The highest BCUT2D eigenvalue weighted by Gasteiger charge is 2.16. The van der Waals surface area contributed by atoms with Crippen molar-refractivity contribution in [3.05, 3.63) is 29.7 Å². The molecule has 0 fully saturated rings. The molecular weight excluding hydrogens is 374 g/mol. The largest absolute Gasteiger partial charge is 0.493 e. The maximum atomic E-state index is 12.5. The lowest BCUT2D eigenvalue weighted by Crippen LogP contribution is -2.31. The van der Waals surface area contributed by atoms with Crippen LogP contribution < -0.4 is 9.47 Å². The van der Waals surface area contributed by atoms with E-state index >= 15 is 0 Å². The van der Waals surface area contributed by atoms with Gasteiger partial charge in [0.05, 0.1) is 25.7 Å². The molecule has 1 aromatic heterocycles. The summed E-state index contributed by atoms with van der Waals surface area (Å²) in [4.78, 5) is 14.3. The predicted octanol–water partition coefficient (Wildman–Crippen LogP) is 3.09. The second-order valence-electron chi connectivity index (χ2n) is 5.28. The Bertz CT molecular complexity index is 724. The number of carbonyl (C=O) groups excluding carboxylic acids is 1. The monoisotopic (exact) mass is 397 g/mol. The Kier molecular flexibility index (Phi) is 8.11. The number of aromatic nitrogens is 2. The summed E-state index contributed by atoms with van der Waals surface area (Å²) in [6.07, 6.45) is 1.97. The average molecular weight is 398 g/mol. The molecule has 0 saturated carbocycles. The third kappa shape index (κ3) is 5.57. The summed E-state index contributed by atoms with van der Waals surface area (Å²) in [7, 11) is 3.19. The number of amides is 1. The van der Waals surface area contributed by atoms with E-state index in [4.69, 9.17) is 13.9 Å². The number of rotatable bonds is 10. The van der Waals surface area contributed by atoms with E-state index in [0.717, 1.165) is 5.56 Å². The first kappa shape index (κ1) is 20.4. The highest BCUT2D eigenvalue weighted by Crippen LogP contribution is 2.28. The summed E-state index contributed by atoms with van der Waals surface area (Å²) < 4.78 is 16.0. The van der Waals surface area contributed by atoms with E-state index in [1.54, 1.807) is 30.9 Å². The molecule has 0 spiro atoms. The molecule has 0 N–H and O–H groups in total. The van der Waals surface area contributed by atoms with Crippen molar-refractivity contribution in [1.82, 2.24) is 15.1 Å². The number of hydrogen-bond acceptors (Lipinski definition) is 8. The van der Waals surface area contributed by atoms with Gasteiger partial charge in [0.1, 0.15) is 0 Å². The van der Waals surface area contributed by atoms with Gasteiger partial charge < -0.3 is 18.8 Å². The van der Waals surface area contributed by atoms with Crippen LogP contribution in [-0.2, 0) is 17.1 Å². The van der Waals surface area contributed by atoms with Gasteiger partial charge in [0.25, 0.3) is 5.22 Å². The number of hydrogen-bond donors (Lipinski definition) is 0. The summed E-state index contributed by atoms with van der Waals surface area (Å²) in [6, 6.07) is 5.65. The van der Waals surface area contributed by atoms with E-state index in [-0.39, 0.29) is 11.7 Å². The summed E-state index contributed by atoms with van der Waals surface area (Å²) in [5, 5.41) is 8.31. The van der Waals surface area contributed by atoms with Crippen molar-refractivity contribution in [3.8, 4) is 11.5 Å². The van der Waals surface area contributed by atoms with Crippen molar-refractivity contribution in [2.24, 2.45) is 0 Å². The third-order valence-electron chi connectivity index (χ3n) is 3.59. The van der Waals surface area contributed by atoms with Crippen molar-refractivity contribution in [1.29, 1.82) is 0 Å². The van der Waals surface area contributed by atoms with Crippen LogP contribution in [0.1, 0.15) is 18.4 Å². The van der Waals surface area contributed by atoms with Crippen molar-refractivity contribution >= 4 is 29.4 Å². The quantitative estimate of drug-likeness (QED) is 0.566. The highest BCUT2D eigenvalue weighted by atomic mass is 32.2. The van der Waals surface area contributed by atoms with E-state index in [0.29, 0.717) is 41.5 Å². The van der Waals surface area contributed by atoms with Gasteiger partial charge in [0.15, 0.2) is 11.5 Å². The fourth-order valence-electron chi connectivity index (χ4n) is 2.27. The molecule has 0 atom stereocenters. The van der Waals surface area contributed by atoms with Gasteiger partial charge in [-0.1, -0.05) is 17.8 Å². The number of carbonyl (C=O) groups is 1. The van der Waals surface area contributed by atoms with Crippen LogP contribution in [0.5, 0.6) is 11.5 Å². The Labute approximate surface area is 161 Å². The minimum atomic E-state index is 0.0110. The minimum absolute atomic E-state index is 0.0110. The zero-order chi connectivity index (χ0) is 18.9. The summed E-state index contributed by atoms with van der Waals surface area (Å²) in [6.45, 7) is 3.06. The second-order valence-corrected chi connectivity index (χ2v) is 7.07. The lowest BCUT2D eigenvalue weighted by molar-refractivity contribution is -0.128. The third-order valence-corrected chi connectivity index (χ3v) is 4.93. The minimum Gasteiger partial charge on any atom is -0.493 e. The summed E-state index contributed by atoms with van der Waals surface area (Å²) in [5.41, 5.74) is 0.975. The molecule has 0 aliphatic heterocycles. The molecule has 9 heteroatoms. The first-order valence-corrected chi connectivity index (χ1v) is 10.4. The zero-order valence-electron chi connectivity index (χ0n) is 15.4. The summed E-state index contributed by atoms with van der Waals surface area (Å²) >= 11 is 2.87. The topological polar surface area (TPSA) is 77.7 Å². The smallest absolute Gasteiger partial charge is 0.277 e. The first-order valence-electron chi connectivity index (χ1n) is 8.04. The Morgan fingerprint density at radius 2 is 2.00 bits per heavy atom. The van der Waals surface area contributed by atoms with Gasteiger partial charge in [-0.3, -0.25) is 4.79 Å². The SMILES string of the molecule is CCN(Cc1ccc(OC)c(OC)c1)C(=O)CSc1nnc(CSC)o1. The van der Waals surface area contributed by atoms with Gasteiger partial charge in [-0.2, -0.15) is 11.8 Å². The Morgan fingerprint density at radius 3 is 2.65 bits per heavy atom. The first-order chi connectivity index (χ1) is 12.6. The second kappa shape index (κ2) is 10.3. The van der Waals surface area contributed by atoms with Gasteiger partial charge in [-0.05, 0) is 30.9 Å². The molecule has 1 heterocycles. The maximum absolute atomic E-state index is 12.5. The van der Waals surface area contributed by atoms with Crippen LogP contribution in [0.3, 0.4) is 0 Å². The lowest BCUT2D eigenvalue weighted by atomic mass is 10.2. The van der Waals surface area contributed by atoms with E-state index in [9.17, 15) is 4.79 Å². The normalized spacial score (nSPS) is 10.6. The molecule has 26 heavy (non-hydrogen) atoms. The molecule has 0 unspecified atom stereocenters.